The topological polar surface area (TPSA) is 24.9 Å². The van der Waals surface area contributed by atoms with Gasteiger partial charge in [-0.25, -0.2) is 0 Å². The average Bonchev–Trinajstić information content (AvgIpc) is 2.93. The Labute approximate surface area is 114 Å². The smallest absolute Gasteiger partial charge is 0.0373 e. The van der Waals surface area contributed by atoms with Crippen LogP contribution >= 0.6 is 0 Å². The fourth-order valence-corrected chi connectivity index (χ4v) is 2.96. The number of aryl methyl sites for hydroxylation is 2. The van der Waals surface area contributed by atoms with Gasteiger partial charge in [0.2, 0.25) is 0 Å². The lowest BCUT2D eigenvalue weighted by Gasteiger charge is -2.17. The third kappa shape index (κ3) is 2.69. The zero-order chi connectivity index (χ0) is 13.1. The van der Waals surface area contributed by atoms with E-state index in [9.17, 15) is 0 Å². The van der Waals surface area contributed by atoms with Crippen molar-refractivity contribution in [2.75, 3.05) is 7.05 Å². The van der Waals surface area contributed by atoms with Crippen LogP contribution in [0.4, 0.5) is 0 Å². The molecule has 1 atom stereocenters. The maximum absolute atomic E-state index is 4.21. The summed E-state index contributed by atoms with van der Waals surface area (Å²) in [6.07, 6.45) is 8.63. The van der Waals surface area contributed by atoms with Gasteiger partial charge >= 0.3 is 0 Å². The van der Waals surface area contributed by atoms with Crippen molar-refractivity contribution < 1.29 is 0 Å². The Morgan fingerprint density at radius 1 is 1.21 bits per heavy atom. The van der Waals surface area contributed by atoms with Gasteiger partial charge in [-0.2, -0.15) is 0 Å². The lowest BCUT2D eigenvalue weighted by Crippen LogP contribution is -2.19. The van der Waals surface area contributed by atoms with Crippen molar-refractivity contribution in [1.82, 2.24) is 10.3 Å². The summed E-state index contributed by atoms with van der Waals surface area (Å²) >= 11 is 0. The van der Waals surface area contributed by atoms with Crippen molar-refractivity contribution in [2.24, 2.45) is 0 Å². The number of nitrogens with one attached hydrogen (secondary N) is 1. The van der Waals surface area contributed by atoms with Crippen molar-refractivity contribution in [2.45, 2.75) is 31.7 Å². The first-order valence-corrected chi connectivity index (χ1v) is 7.04. The molecule has 1 heterocycles. The van der Waals surface area contributed by atoms with E-state index in [0.29, 0.717) is 6.04 Å². The molecule has 0 bridgehead atoms. The Morgan fingerprint density at radius 3 is 2.89 bits per heavy atom. The molecule has 1 aromatic carbocycles. The molecular weight excluding hydrogens is 232 g/mol. The van der Waals surface area contributed by atoms with Crippen LogP contribution in [0.2, 0.25) is 0 Å². The SMILES string of the molecule is CNC(Cc1ccc2c(c1)CCC2)c1cccnc1. The first kappa shape index (κ1) is 12.4. The zero-order valence-corrected chi connectivity index (χ0v) is 11.4. The monoisotopic (exact) mass is 252 g/mol. The molecule has 0 spiro atoms. The second kappa shape index (κ2) is 5.54. The van der Waals surface area contributed by atoms with Crippen LogP contribution in [-0.2, 0) is 19.3 Å². The van der Waals surface area contributed by atoms with Crippen LogP contribution in [0, 0.1) is 0 Å². The van der Waals surface area contributed by atoms with Crippen LogP contribution in [0.1, 0.15) is 34.7 Å². The van der Waals surface area contributed by atoms with Gasteiger partial charge in [0, 0.05) is 18.4 Å². The van der Waals surface area contributed by atoms with Crippen LogP contribution < -0.4 is 5.32 Å². The van der Waals surface area contributed by atoms with E-state index in [1.807, 2.05) is 25.5 Å². The van der Waals surface area contributed by atoms with Crippen molar-refractivity contribution in [3.05, 3.63) is 65.0 Å². The Bertz CT molecular complexity index is 548. The van der Waals surface area contributed by atoms with E-state index in [1.54, 1.807) is 11.1 Å². The second-order valence-electron chi connectivity index (χ2n) is 5.29. The highest BCUT2D eigenvalue weighted by Gasteiger charge is 2.14. The molecule has 2 heteroatoms. The molecule has 1 aliphatic carbocycles. The lowest BCUT2D eigenvalue weighted by molar-refractivity contribution is 0.589. The first-order chi connectivity index (χ1) is 9.36. The van der Waals surface area contributed by atoms with E-state index < -0.39 is 0 Å². The summed E-state index contributed by atoms with van der Waals surface area (Å²) in [6, 6.07) is 11.5. The van der Waals surface area contributed by atoms with Crippen molar-refractivity contribution in [3.8, 4) is 0 Å². The number of likely N-dealkylation sites (N-methyl/N-ethyl adjacent to an activating group) is 1. The first-order valence-electron chi connectivity index (χ1n) is 7.04. The standard InChI is InChI=1S/C17H20N2/c1-18-17(16-6-3-9-19-12-16)11-13-7-8-14-4-2-5-15(14)10-13/h3,6-10,12,17-18H,2,4-5,11H2,1H3. The molecule has 0 amide bonds. The van der Waals surface area contributed by atoms with Crippen LogP contribution in [-0.4, -0.2) is 12.0 Å². The van der Waals surface area contributed by atoms with E-state index in [2.05, 4.69) is 34.6 Å². The predicted octanol–water partition coefficient (Wildman–Crippen LogP) is 3.07. The van der Waals surface area contributed by atoms with E-state index in [-0.39, 0.29) is 0 Å². The molecule has 0 saturated carbocycles. The van der Waals surface area contributed by atoms with Gasteiger partial charge in [0.25, 0.3) is 0 Å². The summed E-state index contributed by atoms with van der Waals surface area (Å²) in [7, 11) is 2.02. The van der Waals surface area contributed by atoms with Crippen molar-refractivity contribution >= 4 is 0 Å². The summed E-state index contributed by atoms with van der Waals surface area (Å²) in [5, 5.41) is 3.39. The molecule has 2 nitrogen and oxygen atoms in total. The zero-order valence-electron chi connectivity index (χ0n) is 11.4. The predicted molar refractivity (Wildman–Crippen MR) is 78.2 cm³/mol. The molecule has 0 fully saturated rings. The van der Waals surface area contributed by atoms with Crippen LogP contribution in [0.15, 0.2) is 42.7 Å². The van der Waals surface area contributed by atoms with Gasteiger partial charge in [0.1, 0.15) is 0 Å². The summed E-state index contributed by atoms with van der Waals surface area (Å²) in [6.45, 7) is 0. The fraction of sp³-hybridized carbons (Fsp3) is 0.353. The molecule has 3 rings (SSSR count). The molecule has 0 saturated heterocycles. The van der Waals surface area contributed by atoms with Crippen LogP contribution in [0.25, 0.3) is 0 Å². The molecule has 1 aliphatic rings. The normalized spacial score (nSPS) is 15.2. The Kier molecular flexibility index (Phi) is 3.60. The summed E-state index contributed by atoms with van der Waals surface area (Å²) in [5.74, 6) is 0. The number of pyridine rings is 1. The minimum absolute atomic E-state index is 0.341. The lowest BCUT2D eigenvalue weighted by atomic mass is 9.97. The molecule has 1 unspecified atom stereocenters. The average molecular weight is 252 g/mol. The molecule has 2 aromatic rings. The number of aromatic nitrogens is 1. The summed E-state index contributed by atoms with van der Waals surface area (Å²) in [5.41, 5.74) is 5.78. The Morgan fingerprint density at radius 2 is 2.11 bits per heavy atom. The Balaban J connectivity index is 1.80. The maximum atomic E-state index is 4.21. The molecule has 1 aromatic heterocycles. The summed E-state index contributed by atoms with van der Waals surface area (Å²) < 4.78 is 0. The Hall–Kier alpha value is -1.67. The highest BCUT2D eigenvalue weighted by molar-refractivity contribution is 5.36. The molecule has 1 N–H and O–H groups in total. The van der Waals surface area contributed by atoms with Gasteiger partial charge in [0.15, 0.2) is 0 Å². The highest BCUT2D eigenvalue weighted by atomic mass is 14.9. The van der Waals surface area contributed by atoms with E-state index in [0.717, 1.165) is 6.42 Å². The van der Waals surface area contributed by atoms with Crippen LogP contribution in [0.3, 0.4) is 0 Å². The second-order valence-corrected chi connectivity index (χ2v) is 5.29. The quantitative estimate of drug-likeness (QED) is 0.904. The van der Waals surface area contributed by atoms with E-state index in [4.69, 9.17) is 0 Å². The largest absolute Gasteiger partial charge is 0.313 e. The third-order valence-corrected chi connectivity index (χ3v) is 4.04. The van der Waals surface area contributed by atoms with Gasteiger partial charge in [-0.05, 0) is 61.1 Å². The molecule has 19 heavy (non-hydrogen) atoms. The number of fused-ring (bicyclic) bond motifs is 1. The molecule has 0 aliphatic heterocycles. The van der Waals surface area contributed by atoms with Gasteiger partial charge in [-0.3, -0.25) is 4.98 Å². The minimum atomic E-state index is 0.341. The number of rotatable bonds is 4. The van der Waals surface area contributed by atoms with Crippen molar-refractivity contribution in [1.29, 1.82) is 0 Å². The van der Waals surface area contributed by atoms with Gasteiger partial charge < -0.3 is 5.32 Å². The number of hydrogen-bond donors (Lipinski definition) is 1. The highest BCUT2D eigenvalue weighted by Crippen LogP contribution is 2.25. The molecule has 98 valence electrons. The third-order valence-electron chi connectivity index (χ3n) is 4.04. The molecule has 0 radical (unpaired) electrons. The minimum Gasteiger partial charge on any atom is -0.313 e. The van der Waals surface area contributed by atoms with Gasteiger partial charge in [0.05, 0.1) is 0 Å². The van der Waals surface area contributed by atoms with Gasteiger partial charge in [-0.15, -0.1) is 0 Å². The van der Waals surface area contributed by atoms with Crippen LogP contribution in [0.5, 0.6) is 0 Å². The fourth-order valence-electron chi connectivity index (χ4n) is 2.96. The number of hydrogen-bond acceptors (Lipinski definition) is 2. The van der Waals surface area contributed by atoms with E-state index in [1.165, 1.54) is 30.4 Å². The summed E-state index contributed by atoms with van der Waals surface area (Å²) in [4.78, 5) is 4.21. The number of nitrogens with zero attached hydrogens (tertiary/aromatic N) is 1. The van der Waals surface area contributed by atoms with E-state index >= 15 is 0 Å². The van der Waals surface area contributed by atoms with Gasteiger partial charge in [-0.1, -0.05) is 24.3 Å². The van der Waals surface area contributed by atoms with Crippen molar-refractivity contribution in [3.63, 3.8) is 0 Å². The molecular formula is C17H20N2. The number of benzene rings is 1. The maximum Gasteiger partial charge on any atom is 0.0373 e.